The smallest absolute Gasteiger partial charge is 0.410 e. The second-order valence-corrected chi connectivity index (χ2v) is 8.25. The van der Waals surface area contributed by atoms with E-state index in [9.17, 15) is 4.79 Å². The van der Waals surface area contributed by atoms with Crippen LogP contribution in [0.5, 0.6) is 0 Å². The van der Waals surface area contributed by atoms with Gasteiger partial charge in [-0.15, -0.1) is 11.3 Å². The molecule has 0 aliphatic carbocycles. The Bertz CT molecular complexity index is 732. The lowest BCUT2D eigenvalue weighted by molar-refractivity contribution is 0.0240. The number of piperazine rings is 1. The highest BCUT2D eigenvalue weighted by molar-refractivity contribution is 7.14. The molecule has 25 heavy (non-hydrogen) atoms. The van der Waals surface area contributed by atoms with Crippen LogP contribution in [0.15, 0.2) is 29.6 Å². The van der Waals surface area contributed by atoms with Crippen LogP contribution in [0, 0.1) is 0 Å². The van der Waals surface area contributed by atoms with E-state index in [0.29, 0.717) is 13.1 Å². The summed E-state index contributed by atoms with van der Waals surface area (Å²) in [6, 6.07) is 7.69. The normalized spacial score (nSPS) is 15.4. The van der Waals surface area contributed by atoms with E-state index >= 15 is 0 Å². The monoisotopic (exact) mass is 379 g/mol. The van der Waals surface area contributed by atoms with Crippen molar-refractivity contribution in [2.75, 3.05) is 31.1 Å². The quantitative estimate of drug-likeness (QED) is 0.769. The molecule has 0 atom stereocenters. The Kier molecular flexibility index (Phi) is 5.20. The number of thiazole rings is 1. The largest absolute Gasteiger partial charge is 0.444 e. The van der Waals surface area contributed by atoms with Crippen LogP contribution in [-0.2, 0) is 4.74 Å². The average Bonchev–Trinajstić information content (AvgIpc) is 3.04. The van der Waals surface area contributed by atoms with Crippen molar-refractivity contribution in [2.24, 2.45) is 0 Å². The van der Waals surface area contributed by atoms with E-state index in [1.807, 2.05) is 45.0 Å². The maximum atomic E-state index is 12.1. The number of carbonyl (C=O) groups is 1. The van der Waals surface area contributed by atoms with Crippen LogP contribution < -0.4 is 4.90 Å². The third-order valence-corrected chi connectivity index (χ3v) is 4.99. The van der Waals surface area contributed by atoms with Gasteiger partial charge in [-0.3, -0.25) is 0 Å². The van der Waals surface area contributed by atoms with Crippen LogP contribution >= 0.6 is 22.9 Å². The molecule has 0 radical (unpaired) electrons. The third kappa shape index (κ3) is 4.64. The van der Waals surface area contributed by atoms with Crippen molar-refractivity contribution in [3.05, 3.63) is 34.7 Å². The van der Waals surface area contributed by atoms with Crippen LogP contribution in [0.4, 0.5) is 9.93 Å². The van der Waals surface area contributed by atoms with E-state index in [0.717, 1.165) is 34.5 Å². The minimum atomic E-state index is -0.461. The third-order valence-electron chi connectivity index (χ3n) is 3.83. The standard InChI is InChI=1S/C18H22ClN3O2S/c1-18(2,3)24-17(23)22-10-8-21(9-11-22)16-20-15(12-25-16)13-4-6-14(19)7-5-13/h4-7,12H,8-11H2,1-3H3. The molecule has 134 valence electrons. The fourth-order valence-electron chi connectivity index (χ4n) is 2.57. The fraction of sp³-hybridized carbons (Fsp3) is 0.444. The first-order valence-corrected chi connectivity index (χ1v) is 9.52. The number of ether oxygens (including phenoxy) is 1. The molecule has 1 amide bonds. The van der Waals surface area contributed by atoms with E-state index in [2.05, 4.69) is 10.3 Å². The molecule has 0 N–H and O–H groups in total. The lowest BCUT2D eigenvalue weighted by atomic mass is 10.2. The molecule has 1 fully saturated rings. The molecule has 1 aliphatic heterocycles. The Morgan fingerprint density at radius 2 is 1.80 bits per heavy atom. The van der Waals surface area contributed by atoms with Crippen molar-refractivity contribution < 1.29 is 9.53 Å². The van der Waals surface area contributed by atoms with Gasteiger partial charge in [-0.05, 0) is 32.9 Å². The first kappa shape index (κ1) is 18.0. The van der Waals surface area contributed by atoms with Gasteiger partial charge in [-0.25, -0.2) is 9.78 Å². The molecule has 0 bridgehead atoms. The molecule has 3 rings (SSSR count). The summed E-state index contributed by atoms with van der Waals surface area (Å²) in [5.74, 6) is 0. The van der Waals surface area contributed by atoms with Gasteiger partial charge in [-0.1, -0.05) is 23.7 Å². The fourth-order valence-corrected chi connectivity index (χ4v) is 3.58. The lowest BCUT2D eigenvalue weighted by Crippen LogP contribution is -2.50. The van der Waals surface area contributed by atoms with Crippen LogP contribution in [-0.4, -0.2) is 47.8 Å². The van der Waals surface area contributed by atoms with Crippen molar-refractivity contribution in [3.8, 4) is 11.3 Å². The van der Waals surface area contributed by atoms with E-state index < -0.39 is 5.60 Å². The predicted octanol–water partition coefficient (Wildman–Crippen LogP) is 4.52. The molecule has 1 saturated heterocycles. The maximum absolute atomic E-state index is 12.1. The number of halogens is 1. The molecule has 2 heterocycles. The number of anilines is 1. The van der Waals surface area contributed by atoms with Gasteiger partial charge in [0.2, 0.25) is 0 Å². The minimum Gasteiger partial charge on any atom is -0.444 e. The van der Waals surface area contributed by atoms with Crippen molar-refractivity contribution in [2.45, 2.75) is 26.4 Å². The Labute approximate surface area is 157 Å². The van der Waals surface area contributed by atoms with Crippen molar-refractivity contribution >= 4 is 34.2 Å². The van der Waals surface area contributed by atoms with Crippen LogP contribution in [0.1, 0.15) is 20.8 Å². The Morgan fingerprint density at radius 3 is 2.40 bits per heavy atom. The number of carbonyl (C=O) groups excluding carboxylic acids is 1. The number of hydrogen-bond donors (Lipinski definition) is 0. The first-order valence-electron chi connectivity index (χ1n) is 8.26. The molecule has 7 heteroatoms. The van der Waals surface area contributed by atoms with Gasteiger partial charge in [-0.2, -0.15) is 0 Å². The second kappa shape index (κ2) is 7.22. The summed E-state index contributed by atoms with van der Waals surface area (Å²) in [7, 11) is 0. The van der Waals surface area contributed by atoms with Gasteiger partial charge < -0.3 is 14.5 Å². The minimum absolute atomic E-state index is 0.242. The average molecular weight is 380 g/mol. The Hall–Kier alpha value is -1.79. The highest BCUT2D eigenvalue weighted by atomic mass is 35.5. The summed E-state index contributed by atoms with van der Waals surface area (Å²) in [4.78, 5) is 20.8. The van der Waals surface area contributed by atoms with E-state index in [4.69, 9.17) is 21.3 Å². The molecule has 1 aromatic carbocycles. The molecular weight excluding hydrogens is 358 g/mol. The van der Waals surface area contributed by atoms with E-state index in [1.54, 1.807) is 16.2 Å². The van der Waals surface area contributed by atoms with Gasteiger partial charge >= 0.3 is 6.09 Å². The van der Waals surface area contributed by atoms with Gasteiger partial charge in [0.25, 0.3) is 0 Å². The Morgan fingerprint density at radius 1 is 1.16 bits per heavy atom. The zero-order valence-electron chi connectivity index (χ0n) is 14.7. The molecule has 1 aliphatic rings. The number of nitrogens with zero attached hydrogens (tertiary/aromatic N) is 3. The number of rotatable bonds is 2. The SMILES string of the molecule is CC(C)(C)OC(=O)N1CCN(c2nc(-c3ccc(Cl)cc3)cs2)CC1. The number of hydrogen-bond acceptors (Lipinski definition) is 5. The number of amides is 1. The van der Waals surface area contributed by atoms with Crippen molar-refractivity contribution in [3.63, 3.8) is 0 Å². The number of aromatic nitrogens is 1. The number of benzene rings is 1. The zero-order valence-corrected chi connectivity index (χ0v) is 16.2. The van der Waals surface area contributed by atoms with Gasteiger partial charge in [0.1, 0.15) is 5.60 Å². The summed E-state index contributed by atoms with van der Waals surface area (Å²) in [5.41, 5.74) is 1.54. The van der Waals surface area contributed by atoms with Crippen LogP contribution in [0.3, 0.4) is 0 Å². The molecule has 2 aromatic rings. The maximum Gasteiger partial charge on any atom is 0.410 e. The second-order valence-electron chi connectivity index (χ2n) is 6.98. The molecule has 0 spiro atoms. The van der Waals surface area contributed by atoms with Crippen molar-refractivity contribution in [1.29, 1.82) is 0 Å². The molecule has 5 nitrogen and oxygen atoms in total. The summed E-state index contributed by atoms with van der Waals surface area (Å²) in [6.07, 6.45) is -0.242. The van der Waals surface area contributed by atoms with Crippen molar-refractivity contribution in [1.82, 2.24) is 9.88 Å². The zero-order chi connectivity index (χ0) is 18.0. The van der Waals surface area contributed by atoms with Gasteiger partial charge in [0, 0.05) is 42.1 Å². The highest BCUT2D eigenvalue weighted by Crippen LogP contribution is 2.29. The van der Waals surface area contributed by atoms with Gasteiger partial charge in [0.15, 0.2) is 5.13 Å². The first-order chi connectivity index (χ1) is 11.8. The van der Waals surface area contributed by atoms with E-state index in [1.165, 1.54) is 0 Å². The summed E-state index contributed by atoms with van der Waals surface area (Å²) in [5, 5.41) is 3.75. The Balaban J connectivity index is 1.60. The topological polar surface area (TPSA) is 45.7 Å². The molecule has 1 aromatic heterocycles. The molecule has 0 unspecified atom stereocenters. The summed E-state index contributed by atoms with van der Waals surface area (Å²) < 4.78 is 5.43. The summed E-state index contributed by atoms with van der Waals surface area (Å²) in [6.45, 7) is 8.45. The summed E-state index contributed by atoms with van der Waals surface area (Å²) >= 11 is 7.56. The van der Waals surface area contributed by atoms with Gasteiger partial charge in [0.05, 0.1) is 5.69 Å². The van der Waals surface area contributed by atoms with Crippen LogP contribution in [0.2, 0.25) is 5.02 Å². The van der Waals surface area contributed by atoms with Crippen LogP contribution in [0.25, 0.3) is 11.3 Å². The predicted molar refractivity (Wildman–Crippen MR) is 103 cm³/mol. The molecular formula is C18H22ClN3O2S. The van der Waals surface area contributed by atoms with E-state index in [-0.39, 0.29) is 6.09 Å². The lowest BCUT2D eigenvalue weighted by Gasteiger charge is -2.35. The molecule has 0 saturated carbocycles. The highest BCUT2D eigenvalue weighted by Gasteiger charge is 2.26.